The molecular formula is C15H20F2N2O2. The molecule has 2 aliphatic heterocycles. The maximum Gasteiger partial charge on any atom is 0.586 e. The zero-order chi connectivity index (χ0) is 15.0. The minimum Gasteiger partial charge on any atom is -0.395 e. The smallest absolute Gasteiger partial charge is 0.395 e. The van der Waals surface area contributed by atoms with Crippen LogP contribution in [-0.2, 0) is 0 Å². The molecule has 1 aromatic carbocycles. The second-order valence-electron chi connectivity index (χ2n) is 5.91. The molecule has 2 heterocycles. The first-order valence-electron chi connectivity index (χ1n) is 7.34. The quantitative estimate of drug-likeness (QED) is 0.930. The van der Waals surface area contributed by atoms with Gasteiger partial charge >= 0.3 is 6.29 Å². The first-order chi connectivity index (χ1) is 9.93. The number of nitrogens with one attached hydrogen (secondary N) is 1. The molecule has 4 nitrogen and oxygen atoms in total. The number of nitrogens with zero attached hydrogens (tertiary/aromatic N) is 1. The molecule has 1 unspecified atom stereocenters. The summed E-state index contributed by atoms with van der Waals surface area (Å²) in [6.07, 6.45) is -1.34. The molecule has 0 amide bonds. The minimum absolute atomic E-state index is 0.0950. The van der Waals surface area contributed by atoms with Gasteiger partial charge in [0, 0.05) is 36.9 Å². The fraction of sp³-hybridized carbons (Fsp3) is 0.600. The van der Waals surface area contributed by atoms with Gasteiger partial charge in [-0.3, -0.25) is 0 Å². The van der Waals surface area contributed by atoms with Gasteiger partial charge in [0.2, 0.25) is 0 Å². The van der Waals surface area contributed by atoms with E-state index in [0.717, 1.165) is 31.6 Å². The number of fused-ring (bicyclic) bond motifs is 1. The molecule has 1 N–H and O–H groups in total. The lowest BCUT2D eigenvalue weighted by Crippen LogP contribution is -2.47. The van der Waals surface area contributed by atoms with Crippen LogP contribution >= 0.6 is 0 Å². The lowest BCUT2D eigenvalue weighted by molar-refractivity contribution is -0.286. The van der Waals surface area contributed by atoms with Gasteiger partial charge in [-0.25, -0.2) is 0 Å². The van der Waals surface area contributed by atoms with Crippen molar-refractivity contribution >= 4 is 5.69 Å². The topological polar surface area (TPSA) is 33.7 Å². The standard InChI is InChI=1S/C15H20F2N2O2/c1-10(2)18-11-4-3-7-19(9-11)12-5-6-13-14(8-12)21-15(16,17)20-13/h5-6,8,10-11,18H,3-4,7,9H2,1-2H3. The van der Waals surface area contributed by atoms with Gasteiger partial charge in [0.25, 0.3) is 0 Å². The summed E-state index contributed by atoms with van der Waals surface area (Å²) in [5.41, 5.74) is 0.894. The summed E-state index contributed by atoms with van der Waals surface area (Å²) in [5, 5.41) is 3.53. The first-order valence-corrected chi connectivity index (χ1v) is 7.34. The second-order valence-corrected chi connectivity index (χ2v) is 5.91. The number of ether oxygens (including phenoxy) is 2. The van der Waals surface area contributed by atoms with Crippen molar-refractivity contribution in [3.63, 3.8) is 0 Å². The number of hydrogen-bond donors (Lipinski definition) is 1. The van der Waals surface area contributed by atoms with Crippen LogP contribution in [0.5, 0.6) is 11.5 Å². The van der Waals surface area contributed by atoms with Gasteiger partial charge in [-0.2, -0.15) is 0 Å². The molecule has 1 saturated heterocycles. The summed E-state index contributed by atoms with van der Waals surface area (Å²) in [4.78, 5) is 2.20. The fourth-order valence-electron chi connectivity index (χ4n) is 2.95. The lowest BCUT2D eigenvalue weighted by atomic mass is 10.0. The summed E-state index contributed by atoms with van der Waals surface area (Å²) in [5.74, 6) is 0.203. The summed E-state index contributed by atoms with van der Waals surface area (Å²) >= 11 is 0. The van der Waals surface area contributed by atoms with Crippen LogP contribution < -0.4 is 19.7 Å². The molecule has 0 aliphatic carbocycles. The third-order valence-electron chi connectivity index (χ3n) is 3.74. The first kappa shape index (κ1) is 14.4. The van der Waals surface area contributed by atoms with Crippen molar-refractivity contribution in [2.45, 2.75) is 45.1 Å². The zero-order valence-corrected chi connectivity index (χ0v) is 12.2. The average Bonchev–Trinajstić information content (AvgIpc) is 2.71. The Morgan fingerprint density at radius 2 is 2.05 bits per heavy atom. The van der Waals surface area contributed by atoms with Crippen molar-refractivity contribution in [3.8, 4) is 11.5 Å². The Hall–Kier alpha value is -1.56. The third-order valence-corrected chi connectivity index (χ3v) is 3.74. The van der Waals surface area contributed by atoms with Crippen molar-refractivity contribution in [1.29, 1.82) is 0 Å². The predicted molar refractivity (Wildman–Crippen MR) is 76.2 cm³/mol. The molecular weight excluding hydrogens is 278 g/mol. The molecule has 2 aliphatic rings. The van der Waals surface area contributed by atoms with Crippen molar-refractivity contribution in [2.24, 2.45) is 0 Å². The highest BCUT2D eigenvalue weighted by Gasteiger charge is 2.43. The molecule has 116 valence electrons. The van der Waals surface area contributed by atoms with Crippen LogP contribution in [0.15, 0.2) is 18.2 Å². The fourth-order valence-corrected chi connectivity index (χ4v) is 2.95. The van der Waals surface area contributed by atoms with E-state index in [-0.39, 0.29) is 11.5 Å². The number of alkyl halides is 2. The maximum absolute atomic E-state index is 13.0. The molecule has 1 fully saturated rings. The molecule has 21 heavy (non-hydrogen) atoms. The van der Waals surface area contributed by atoms with Crippen LogP contribution in [0.25, 0.3) is 0 Å². The van der Waals surface area contributed by atoms with Crippen molar-refractivity contribution in [2.75, 3.05) is 18.0 Å². The predicted octanol–water partition coefficient (Wildman–Crippen LogP) is 2.97. The zero-order valence-electron chi connectivity index (χ0n) is 12.2. The summed E-state index contributed by atoms with van der Waals surface area (Å²) in [6.45, 7) is 6.05. The molecule has 0 spiro atoms. The Balaban J connectivity index is 1.73. The molecule has 0 aromatic heterocycles. The van der Waals surface area contributed by atoms with Gasteiger partial charge in [-0.1, -0.05) is 13.8 Å². The van der Waals surface area contributed by atoms with E-state index in [0.29, 0.717) is 12.1 Å². The highest BCUT2D eigenvalue weighted by molar-refractivity contribution is 5.57. The Morgan fingerprint density at radius 3 is 2.81 bits per heavy atom. The van der Waals surface area contributed by atoms with E-state index >= 15 is 0 Å². The van der Waals surface area contributed by atoms with Crippen LogP contribution in [0.1, 0.15) is 26.7 Å². The van der Waals surface area contributed by atoms with E-state index in [1.807, 2.05) is 0 Å². The van der Waals surface area contributed by atoms with Gasteiger partial charge in [-0.15, -0.1) is 8.78 Å². The SMILES string of the molecule is CC(C)NC1CCCN(c2ccc3c(c2)OC(F)(F)O3)C1. The summed E-state index contributed by atoms with van der Waals surface area (Å²) in [6, 6.07) is 5.84. The average molecular weight is 298 g/mol. The van der Waals surface area contributed by atoms with Crippen LogP contribution in [0.2, 0.25) is 0 Å². The summed E-state index contributed by atoms with van der Waals surface area (Å²) in [7, 11) is 0. The number of rotatable bonds is 3. The number of anilines is 1. The molecule has 6 heteroatoms. The number of hydrogen-bond acceptors (Lipinski definition) is 4. The van der Waals surface area contributed by atoms with E-state index in [4.69, 9.17) is 0 Å². The minimum atomic E-state index is -3.55. The molecule has 0 bridgehead atoms. The maximum atomic E-state index is 13.0. The van der Waals surface area contributed by atoms with Gasteiger partial charge in [0.1, 0.15) is 0 Å². The van der Waals surface area contributed by atoms with Crippen molar-refractivity contribution in [3.05, 3.63) is 18.2 Å². The molecule has 0 saturated carbocycles. The van der Waals surface area contributed by atoms with Crippen LogP contribution in [-0.4, -0.2) is 31.5 Å². The monoisotopic (exact) mass is 298 g/mol. The molecule has 1 atom stereocenters. The lowest BCUT2D eigenvalue weighted by Gasteiger charge is -2.35. The van der Waals surface area contributed by atoms with E-state index in [1.54, 1.807) is 18.2 Å². The number of piperidine rings is 1. The Kier molecular flexibility index (Phi) is 3.65. The third kappa shape index (κ3) is 3.20. The van der Waals surface area contributed by atoms with Gasteiger partial charge in [0.05, 0.1) is 0 Å². The molecule has 3 rings (SSSR count). The van der Waals surface area contributed by atoms with Gasteiger partial charge in [0.15, 0.2) is 11.5 Å². The van der Waals surface area contributed by atoms with Crippen molar-refractivity contribution in [1.82, 2.24) is 5.32 Å². The number of benzene rings is 1. The highest BCUT2D eigenvalue weighted by atomic mass is 19.3. The molecule has 0 radical (unpaired) electrons. The van der Waals surface area contributed by atoms with E-state index in [2.05, 4.69) is 33.5 Å². The van der Waals surface area contributed by atoms with E-state index in [1.165, 1.54) is 0 Å². The second kappa shape index (κ2) is 5.33. The Labute approximate surface area is 123 Å². The summed E-state index contributed by atoms with van der Waals surface area (Å²) < 4.78 is 35.0. The molecule has 1 aromatic rings. The van der Waals surface area contributed by atoms with Crippen LogP contribution in [0.3, 0.4) is 0 Å². The van der Waals surface area contributed by atoms with Crippen LogP contribution in [0, 0.1) is 0 Å². The largest absolute Gasteiger partial charge is 0.586 e. The normalized spacial score (nSPS) is 23.7. The Bertz CT molecular complexity index is 522. The van der Waals surface area contributed by atoms with E-state index in [9.17, 15) is 8.78 Å². The van der Waals surface area contributed by atoms with Crippen LogP contribution in [0.4, 0.5) is 14.5 Å². The Morgan fingerprint density at radius 1 is 1.29 bits per heavy atom. The van der Waals surface area contributed by atoms with Gasteiger partial charge < -0.3 is 19.7 Å². The van der Waals surface area contributed by atoms with Gasteiger partial charge in [-0.05, 0) is 25.0 Å². The van der Waals surface area contributed by atoms with Crippen molar-refractivity contribution < 1.29 is 18.3 Å². The number of halogens is 2. The highest BCUT2D eigenvalue weighted by Crippen LogP contribution is 2.43. The van der Waals surface area contributed by atoms with E-state index < -0.39 is 6.29 Å².